The van der Waals surface area contributed by atoms with Crippen LogP contribution >= 0.6 is 0 Å². The molecule has 21 heavy (non-hydrogen) atoms. The van der Waals surface area contributed by atoms with Crippen LogP contribution in [-0.2, 0) is 14.3 Å². The highest BCUT2D eigenvalue weighted by molar-refractivity contribution is 5.85. The summed E-state index contributed by atoms with van der Waals surface area (Å²) in [5.41, 5.74) is 0.395. The Kier molecular flexibility index (Phi) is 5.72. The van der Waals surface area contributed by atoms with Crippen LogP contribution in [0.1, 0.15) is 38.9 Å². The van der Waals surface area contributed by atoms with Crippen molar-refractivity contribution < 1.29 is 24.2 Å². The van der Waals surface area contributed by atoms with Gasteiger partial charge in [-0.15, -0.1) is 0 Å². The minimum absolute atomic E-state index is 0.146. The number of anilines is 1. The van der Waals surface area contributed by atoms with Gasteiger partial charge in [0.15, 0.2) is 0 Å². The second-order valence-corrected chi connectivity index (χ2v) is 5.55. The number of carbonyl (C=O) groups is 2. The van der Waals surface area contributed by atoms with Crippen molar-refractivity contribution in [1.82, 2.24) is 0 Å². The van der Waals surface area contributed by atoms with E-state index in [1.165, 1.54) is 7.11 Å². The van der Waals surface area contributed by atoms with Crippen molar-refractivity contribution >= 4 is 17.7 Å². The lowest BCUT2D eigenvalue weighted by atomic mass is 10.1. The van der Waals surface area contributed by atoms with Crippen molar-refractivity contribution in [3.8, 4) is 0 Å². The number of rotatable bonds is 4. The summed E-state index contributed by atoms with van der Waals surface area (Å²) in [4.78, 5) is 22.8. The lowest BCUT2D eigenvalue weighted by molar-refractivity contribution is -0.142. The van der Waals surface area contributed by atoms with Crippen LogP contribution in [0, 0.1) is 0 Å². The summed E-state index contributed by atoms with van der Waals surface area (Å²) >= 11 is 0. The van der Waals surface area contributed by atoms with Gasteiger partial charge in [0.05, 0.1) is 19.6 Å². The molecule has 6 heteroatoms. The third-order valence-corrected chi connectivity index (χ3v) is 2.50. The molecule has 0 aliphatic carbocycles. The average Bonchev–Trinajstić information content (AvgIpc) is 2.36. The van der Waals surface area contributed by atoms with Gasteiger partial charge in [-0.25, -0.2) is 4.79 Å². The number of benzene rings is 1. The normalized spacial score (nSPS) is 12.4. The Morgan fingerprint density at radius 2 is 2.00 bits per heavy atom. The number of nitrogens with one attached hydrogen (secondary N) is 1. The molecular weight excluding hydrogens is 274 g/mol. The molecule has 0 fully saturated rings. The molecule has 0 aliphatic heterocycles. The zero-order valence-electron chi connectivity index (χ0n) is 12.7. The van der Waals surface area contributed by atoms with Crippen LogP contribution in [0.25, 0.3) is 0 Å². The molecule has 0 saturated carbocycles. The molecule has 1 aromatic rings. The minimum Gasteiger partial charge on any atom is -0.469 e. The first-order valence-corrected chi connectivity index (χ1v) is 6.56. The Hall–Kier alpha value is -2.08. The highest BCUT2D eigenvalue weighted by Crippen LogP contribution is 2.21. The maximum absolute atomic E-state index is 11.7. The number of ether oxygens (including phenoxy) is 2. The Morgan fingerprint density at radius 3 is 2.57 bits per heavy atom. The zero-order valence-corrected chi connectivity index (χ0v) is 12.7. The van der Waals surface area contributed by atoms with Gasteiger partial charge in [0.1, 0.15) is 5.60 Å². The molecular formula is C15H21NO5. The van der Waals surface area contributed by atoms with Crippen LogP contribution in [0.3, 0.4) is 0 Å². The molecule has 0 radical (unpaired) electrons. The molecule has 1 amide bonds. The van der Waals surface area contributed by atoms with Gasteiger partial charge in [-0.05, 0) is 38.5 Å². The van der Waals surface area contributed by atoms with Gasteiger partial charge >= 0.3 is 12.1 Å². The molecule has 0 aromatic heterocycles. The molecule has 0 heterocycles. The molecule has 0 aliphatic rings. The van der Waals surface area contributed by atoms with Gasteiger partial charge in [-0.3, -0.25) is 10.1 Å². The van der Waals surface area contributed by atoms with Crippen LogP contribution in [0.4, 0.5) is 10.5 Å². The molecule has 6 nitrogen and oxygen atoms in total. The van der Waals surface area contributed by atoms with Gasteiger partial charge in [0.2, 0.25) is 0 Å². The first kappa shape index (κ1) is 17.0. The number of aliphatic hydroxyl groups excluding tert-OH is 1. The number of esters is 1. The van der Waals surface area contributed by atoms with Crippen LogP contribution in [-0.4, -0.2) is 29.9 Å². The van der Waals surface area contributed by atoms with E-state index in [0.29, 0.717) is 11.3 Å². The standard InChI is InChI=1S/C15H21NO5/c1-15(2,3)21-14(19)16-11-7-5-6-10(8-11)12(17)9-13(18)20-4/h5-8,12,17H,9H2,1-4H3,(H,16,19). The van der Waals surface area contributed by atoms with Gasteiger partial charge < -0.3 is 14.6 Å². The van der Waals surface area contributed by atoms with Crippen molar-refractivity contribution in [2.24, 2.45) is 0 Å². The maximum atomic E-state index is 11.7. The van der Waals surface area contributed by atoms with E-state index in [1.54, 1.807) is 45.0 Å². The largest absolute Gasteiger partial charge is 0.469 e. The monoisotopic (exact) mass is 295 g/mol. The Morgan fingerprint density at radius 1 is 1.33 bits per heavy atom. The van der Waals surface area contributed by atoms with E-state index >= 15 is 0 Å². The van der Waals surface area contributed by atoms with E-state index in [2.05, 4.69) is 10.1 Å². The number of hydrogen-bond donors (Lipinski definition) is 2. The predicted molar refractivity (Wildman–Crippen MR) is 77.9 cm³/mol. The number of carbonyl (C=O) groups excluding carboxylic acids is 2. The summed E-state index contributed by atoms with van der Waals surface area (Å²) in [5, 5.41) is 12.5. The second kappa shape index (κ2) is 7.08. The highest BCUT2D eigenvalue weighted by atomic mass is 16.6. The first-order valence-electron chi connectivity index (χ1n) is 6.56. The van der Waals surface area contributed by atoms with Gasteiger partial charge in [0, 0.05) is 5.69 Å². The van der Waals surface area contributed by atoms with Crippen molar-refractivity contribution in [3.05, 3.63) is 29.8 Å². The number of hydrogen-bond acceptors (Lipinski definition) is 5. The third-order valence-electron chi connectivity index (χ3n) is 2.50. The minimum atomic E-state index is -0.988. The quantitative estimate of drug-likeness (QED) is 0.834. The smallest absolute Gasteiger partial charge is 0.412 e. The predicted octanol–water partition coefficient (Wildman–Crippen LogP) is 2.63. The van der Waals surface area contributed by atoms with Crippen molar-refractivity contribution in [2.75, 3.05) is 12.4 Å². The SMILES string of the molecule is COC(=O)CC(O)c1cccc(NC(=O)OC(C)(C)C)c1. The van der Waals surface area contributed by atoms with E-state index in [0.717, 1.165) is 0 Å². The van der Waals surface area contributed by atoms with E-state index < -0.39 is 23.8 Å². The molecule has 1 rings (SSSR count). The molecule has 0 spiro atoms. The van der Waals surface area contributed by atoms with Crippen LogP contribution in [0.15, 0.2) is 24.3 Å². The number of amides is 1. The molecule has 116 valence electrons. The van der Waals surface area contributed by atoms with Gasteiger partial charge in [0.25, 0.3) is 0 Å². The lowest BCUT2D eigenvalue weighted by Gasteiger charge is -2.20. The van der Waals surface area contributed by atoms with Crippen LogP contribution in [0.5, 0.6) is 0 Å². The summed E-state index contributed by atoms with van der Waals surface area (Å²) in [6.07, 6.45) is -1.72. The number of methoxy groups -OCH3 is 1. The van der Waals surface area contributed by atoms with Crippen molar-refractivity contribution in [3.63, 3.8) is 0 Å². The zero-order chi connectivity index (χ0) is 16.0. The Labute approximate surface area is 124 Å². The summed E-state index contributed by atoms with van der Waals surface area (Å²) in [6, 6.07) is 6.58. The summed E-state index contributed by atoms with van der Waals surface area (Å²) < 4.78 is 9.64. The van der Waals surface area contributed by atoms with Gasteiger partial charge in [-0.1, -0.05) is 12.1 Å². The van der Waals surface area contributed by atoms with E-state index in [-0.39, 0.29) is 6.42 Å². The molecule has 1 atom stereocenters. The van der Waals surface area contributed by atoms with Crippen LogP contribution in [0.2, 0.25) is 0 Å². The molecule has 1 aromatic carbocycles. The summed E-state index contributed by atoms with van der Waals surface area (Å²) in [6.45, 7) is 5.30. The summed E-state index contributed by atoms with van der Waals surface area (Å²) in [5.74, 6) is -0.506. The average molecular weight is 295 g/mol. The molecule has 1 unspecified atom stereocenters. The summed E-state index contributed by atoms with van der Waals surface area (Å²) in [7, 11) is 1.26. The fourth-order valence-electron chi connectivity index (χ4n) is 1.60. The van der Waals surface area contributed by atoms with Crippen molar-refractivity contribution in [1.29, 1.82) is 0 Å². The van der Waals surface area contributed by atoms with E-state index in [1.807, 2.05) is 0 Å². The first-order chi connectivity index (χ1) is 9.71. The maximum Gasteiger partial charge on any atom is 0.412 e. The second-order valence-electron chi connectivity index (χ2n) is 5.55. The fraction of sp³-hybridized carbons (Fsp3) is 0.467. The fourth-order valence-corrected chi connectivity index (χ4v) is 1.60. The Bertz CT molecular complexity index is 507. The molecule has 0 bridgehead atoms. The van der Waals surface area contributed by atoms with Gasteiger partial charge in [-0.2, -0.15) is 0 Å². The van der Waals surface area contributed by atoms with Crippen LogP contribution < -0.4 is 5.32 Å². The Balaban J connectivity index is 2.72. The topological polar surface area (TPSA) is 84.9 Å². The van der Waals surface area contributed by atoms with Crippen molar-refractivity contribution in [2.45, 2.75) is 38.9 Å². The van der Waals surface area contributed by atoms with E-state index in [9.17, 15) is 14.7 Å². The lowest BCUT2D eigenvalue weighted by Crippen LogP contribution is -2.27. The highest BCUT2D eigenvalue weighted by Gasteiger charge is 2.17. The third kappa shape index (κ3) is 6.27. The number of aliphatic hydroxyl groups is 1. The molecule has 2 N–H and O–H groups in total. The molecule has 0 saturated heterocycles. The van der Waals surface area contributed by atoms with E-state index in [4.69, 9.17) is 4.74 Å².